The Kier molecular flexibility index (Phi) is 5.38. The summed E-state index contributed by atoms with van der Waals surface area (Å²) in [5.41, 5.74) is 0.177. The summed E-state index contributed by atoms with van der Waals surface area (Å²) in [6, 6.07) is 0.638. The molecule has 0 bridgehead atoms. The smallest absolute Gasteiger partial charge is 0.171 e. The van der Waals surface area contributed by atoms with Crippen molar-refractivity contribution in [3.8, 4) is 0 Å². The Morgan fingerprint density at radius 3 is 2.29 bits per heavy atom. The van der Waals surface area contributed by atoms with E-state index in [1.807, 2.05) is 6.92 Å². The molecular weight excluding hydrogens is 218 g/mol. The van der Waals surface area contributed by atoms with Crippen LogP contribution in [0.4, 0.5) is 0 Å². The topological polar surface area (TPSA) is 39.7 Å². The summed E-state index contributed by atoms with van der Waals surface area (Å²) in [6.45, 7) is 9.41. The van der Waals surface area contributed by atoms with Gasteiger partial charge in [0.25, 0.3) is 0 Å². The first-order valence-electron chi connectivity index (χ1n) is 6.40. The van der Waals surface area contributed by atoms with Gasteiger partial charge in [-0.15, -0.1) is 0 Å². The minimum atomic E-state index is -0.197. The number of hydrogen-bond donors (Lipinski definition) is 1. The van der Waals surface area contributed by atoms with E-state index >= 15 is 0 Å². The second-order valence-electron chi connectivity index (χ2n) is 5.35. The zero-order valence-electron chi connectivity index (χ0n) is 11.9. The van der Waals surface area contributed by atoms with Gasteiger partial charge in [0.2, 0.25) is 0 Å². The van der Waals surface area contributed by atoms with Crippen LogP contribution in [-0.2, 0) is 14.2 Å². The molecule has 0 saturated heterocycles. The molecule has 4 nitrogen and oxygen atoms in total. The summed E-state index contributed by atoms with van der Waals surface area (Å²) >= 11 is 0. The maximum atomic E-state index is 5.72. The van der Waals surface area contributed by atoms with E-state index in [0.717, 1.165) is 13.0 Å². The van der Waals surface area contributed by atoms with Crippen LogP contribution in [0.15, 0.2) is 0 Å². The Morgan fingerprint density at radius 2 is 1.88 bits per heavy atom. The zero-order chi connectivity index (χ0) is 13.1. The molecule has 1 rings (SSSR count). The van der Waals surface area contributed by atoms with Gasteiger partial charge in [0.05, 0.1) is 12.1 Å². The Bertz CT molecular complexity index is 229. The van der Waals surface area contributed by atoms with Gasteiger partial charge < -0.3 is 19.5 Å². The van der Waals surface area contributed by atoms with Crippen molar-refractivity contribution in [2.45, 2.75) is 58.6 Å². The first-order valence-corrected chi connectivity index (χ1v) is 6.40. The molecule has 0 aromatic carbocycles. The fourth-order valence-corrected chi connectivity index (χ4v) is 2.55. The van der Waals surface area contributed by atoms with Gasteiger partial charge in [0.1, 0.15) is 0 Å². The highest BCUT2D eigenvalue weighted by molar-refractivity contribution is 5.03. The van der Waals surface area contributed by atoms with Crippen molar-refractivity contribution in [3.05, 3.63) is 0 Å². The Hall–Kier alpha value is -0.160. The van der Waals surface area contributed by atoms with E-state index in [1.54, 1.807) is 14.2 Å². The standard InChI is InChI=1S/C13H27NO3/c1-7-17-11-8-10(13(11,3)4)14-9(2)12(15-5)16-6/h9-12,14H,7-8H2,1-6H3. The van der Waals surface area contributed by atoms with E-state index in [4.69, 9.17) is 14.2 Å². The predicted molar refractivity (Wildman–Crippen MR) is 68.0 cm³/mol. The summed E-state index contributed by atoms with van der Waals surface area (Å²) < 4.78 is 16.2. The van der Waals surface area contributed by atoms with Crippen molar-refractivity contribution in [1.82, 2.24) is 5.32 Å². The highest BCUT2D eigenvalue weighted by atomic mass is 16.7. The fourth-order valence-electron chi connectivity index (χ4n) is 2.55. The fraction of sp³-hybridized carbons (Fsp3) is 1.00. The quantitative estimate of drug-likeness (QED) is 0.694. The number of ether oxygens (including phenoxy) is 3. The van der Waals surface area contributed by atoms with E-state index < -0.39 is 0 Å². The average molecular weight is 245 g/mol. The van der Waals surface area contributed by atoms with Crippen molar-refractivity contribution < 1.29 is 14.2 Å². The van der Waals surface area contributed by atoms with Crippen LogP contribution in [0.5, 0.6) is 0 Å². The molecule has 0 aromatic rings. The molecule has 0 heterocycles. The molecule has 1 saturated carbocycles. The largest absolute Gasteiger partial charge is 0.378 e. The van der Waals surface area contributed by atoms with Crippen molar-refractivity contribution in [1.29, 1.82) is 0 Å². The van der Waals surface area contributed by atoms with Gasteiger partial charge in [-0.3, -0.25) is 0 Å². The number of methoxy groups -OCH3 is 2. The number of hydrogen-bond acceptors (Lipinski definition) is 4. The summed E-state index contributed by atoms with van der Waals surface area (Å²) in [4.78, 5) is 0. The maximum Gasteiger partial charge on any atom is 0.171 e. The highest BCUT2D eigenvalue weighted by Gasteiger charge is 2.49. The minimum absolute atomic E-state index is 0.177. The van der Waals surface area contributed by atoms with Crippen LogP contribution in [0.25, 0.3) is 0 Å². The van der Waals surface area contributed by atoms with E-state index in [2.05, 4.69) is 26.1 Å². The molecule has 0 aromatic heterocycles. The molecule has 102 valence electrons. The first-order chi connectivity index (χ1) is 7.97. The van der Waals surface area contributed by atoms with E-state index in [9.17, 15) is 0 Å². The second-order valence-corrected chi connectivity index (χ2v) is 5.35. The second kappa shape index (κ2) is 6.14. The monoisotopic (exact) mass is 245 g/mol. The highest BCUT2D eigenvalue weighted by Crippen LogP contribution is 2.43. The Labute approximate surface area is 105 Å². The van der Waals surface area contributed by atoms with Crippen LogP contribution in [0, 0.1) is 5.41 Å². The van der Waals surface area contributed by atoms with Crippen LogP contribution in [0.3, 0.4) is 0 Å². The van der Waals surface area contributed by atoms with Crippen LogP contribution < -0.4 is 5.32 Å². The molecule has 3 unspecified atom stereocenters. The molecule has 0 amide bonds. The molecule has 17 heavy (non-hydrogen) atoms. The third kappa shape index (κ3) is 3.19. The SMILES string of the molecule is CCOC1CC(NC(C)C(OC)OC)C1(C)C. The lowest BCUT2D eigenvalue weighted by Crippen LogP contribution is -2.63. The van der Waals surface area contributed by atoms with Crippen molar-refractivity contribution in [3.63, 3.8) is 0 Å². The van der Waals surface area contributed by atoms with Gasteiger partial charge in [-0.25, -0.2) is 0 Å². The lowest BCUT2D eigenvalue weighted by atomic mass is 9.64. The third-order valence-electron chi connectivity index (χ3n) is 3.88. The Morgan fingerprint density at radius 1 is 1.29 bits per heavy atom. The maximum absolute atomic E-state index is 5.72. The van der Waals surface area contributed by atoms with E-state index in [-0.39, 0.29) is 17.7 Å². The molecule has 0 radical (unpaired) electrons. The molecule has 3 atom stereocenters. The normalized spacial score (nSPS) is 29.1. The van der Waals surface area contributed by atoms with Crippen molar-refractivity contribution >= 4 is 0 Å². The molecule has 1 N–H and O–H groups in total. The average Bonchev–Trinajstić information content (AvgIpc) is 2.29. The van der Waals surface area contributed by atoms with Crippen LogP contribution in [0.1, 0.15) is 34.1 Å². The number of nitrogens with one attached hydrogen (secondary N) is 1. The summed E-state index contributed by atoms with van der Waals surface area (Å²) in [7, 11) is 3.34. The first kappa shape index (κ1) is 14.9. The molecule has 4 heteroatoms. The van der Waals surface area contributed by atoms with Gasteiger partial charge in [0.15, 0.2) is 6.29 Å². The van der Waals surface area contributed by atoms with Crippen molar-refractivity contribution in [2.75, 3.05) is 20.8 Å². The van der Waals surface area contributed by atoms with E-state index in [1.165, 1.54) is 0 Å². The van der Waals surface area contributed by atoms with Crippen LogP contribution >= 0.6 is 0 Å². The lowest BCUT2D eigenvalue weighted by Gasteiger charge is -2.53. The van der Waals surface area contributed by atoms with Crippen LogP contribution in [-0.4, -0.2) is 45.3 Å². The summed E-state index contributed by atoms with van der Waals surface area (Å²) in [5.74, 6) is 0. The predicted octanol–water partition coefficient (Wildman–Crippen LogP) is 1.79. The van der Waals surface area contributed by atoms with Gasteiger partial charge in [0, 0.05) is 32.3 Å². The number of rotatable bonds is 7. The minimum Gasteiger partial charge on any atom is -0.378 e. The van der Waals surface area contributed by atoms with E-state index in [0.29, 0.717) is 12.1 Å². The van der Waals surface area contributed by atoms with Gasteiger partial charge >= 0.3 is 0 Å². The third-order valence-corrected chi connectivity index (χ3v) is 3.88. The Balaban J connectivity index is 2.44. The van der Waals surface area contributed by atoms with Gasteiger partial charge in [-0.2, -0.15) is 0 Å². The van der Waals surface area contributed by atoms with Gasteiger partial charge in [-0.1, -0.05) is 13.8 Å². The summed E-state index contributed by atoms with van der Waals surface area (Å²) in [5, 5.41) is 3.57. The molecule has 0 aliphatic heterocycles. The van der Waals surface area contributed by atoms with Crippen LogP contribution in [0.2, 0.25) is 0 Å². The molecule has 1 aliphatic carbocycles. The summed E-state index contributed by atoms with van der Waals surface area (Å²) in [6.07, 6.45) is 1.23. The molecule has 1 fully saturated rings. The van der Waals surface area contributed by atoms with Crippen molar-refractivity contribution in [2.24, 2.45) is 5.41 Å². The zero-order valence-corrected chi connectivity index (χ0v) is 11.9. The molecule has 1 aliphatic rings. The molecule has 0 spiro atoms. The molecular formula is C13H27NO3. The lowest BCUT2D eigenvalue weighted by molar-refractivity contribution is -0.146. The van der Waals surface area contributed by atoms with Gasteiger partial charge in [-0.05, 0) is 20.3 Å².